The van der Waals surface area contributed by atoms with E-state index >= 15 is 0 Å². The minimum atomic E-state index is -0.294. The first-order chi connectivity index (χ1) is 14.6. The van der Waals surface area contributed by atoms with Crippen molar-refractivity contribution in [3.63, 3.8) is 0 Å². The third kappa shape index (κ3) is 3.64. The molecule has 0 saturated heterocycles. The van der Waals surface area contributed by atoms with E-state index in [1.54, 1.807) is 26.4 Å². The predicted octanol–water partition coefficient (Wildman–Crippen LogP) is 4.41. The Balaban J connectivity index is 1.82. The molecule has 0 spiro atoms. The van der Waals surface area contributed by atoms with Crippen molar-refractivity contribution in [1.82, 2.24) is 9.47 Å². The van der Waals surface area contributed by atoms with Gasteiger partial charge in [-0.25, -0.2) is 0 Å². The normalized spacial score (nSPS) is 16.5. The third-order valence-corrected chi connectivity index (χ3v) is 5.64. The number of nitro benzene ring substituents is 1. The van der Waals surface area contributed by atoms with Crippen molar-refractivity contribution in [3.8, 4) is 11.5 Å². The summed E-state index contributed by atoms with van der Waals surface area (Å²) in [6.45, 7) is 2.27. The van der Waals surface area contributed by atoms with Crippen molar-refractivity contribution in [1.29, 1.82) is 0 Å². The molecule has 7 nitrogen and oxygen atoms in total. The number of para-hydroxylation sites is 2. The van der Waals surface area contributed by atoms with E-state index in [9.17, 15) is 10.1 Å². The summed E-state index contributed by atoms with van der Waals surface area (Å²) in [4.78, 5) is 13.8. The van der Waals surface area contributed by atoms with E-state index in [2.05, 4.69) is 15.5 Å². The van der Waals surface area contributed by atoms with Gasteiger partial charge < -0.3 is 14.0 Å². The monoisotopic (exact) mass is 407 g/mol. The number of ether oxygens (including phenoxy) is 2. The topological polar surface area (TPSA) is 69.8 Å². The zero-order chi connectivity index (χ0) is 21.1. The molecule has 4 rings (SSSR count). The van der Waals surface area contributed by atoms with Gasteiger partial charge in [0, 0.05) is 43.2 Å². The molecule has 0 saturated carbocycles. The highest BCUT2D eigenvalue weighted by Gasteiger charge is 2.32. The summed E-state index contributed by atoms with van der Waals surface area (Å²) in [5, 5.41) is 11.8. The number of methoxy groups -OCH3 is 2. The highest BCUT2D eigenvalue weighted by atomic mass is 16.6. The SMILES string of the molecule is COc1cccc(CN2CCCn3cccc3C2c2ccccc2[N+](=O)[O-])c1OC. The van der Waals surface area contributed by atoms with E-state index in [0.717, 1.165) is 30.8 Å². The molecule has 0 radical (unpaired) electrons. The molecule has 1 unspecified atom stereocenters. The quantitative estimate of drug-likeness (QED) is 0.447. The maximum absolute atomic E-state index is 11.8. The number of nitrogens with zero attached hydrogens (tertiary/aromatic N) is 3. The number of rotatable bonds is 6. The summed E-state index contributed by atoms with van der Waals surface area (Å²) in [5.74, 6) is 1.37. The van der Waals surface area contributed by atoms with E-state index in [4.69, 9.17) is 9.47 Å². The Morgan fingerprint density at radius 1 is 1.03 bits per heavy atom. The van der Waals surface area contributed by atoms with Gasteiger partial charge in [-0.2, -0.15) is 0 Å². The maximum Gasteiger partial charge on any atom is 0.274 e. The minimum Gasteiger partial charge on any atom is -0.493 e. The van der Waals surface area contributed by atoms with E-state index < -0.39 is 0 Å². The Morgan fingerprint density at radius 3 is 2.63 bits per heavy atom. The Morgan fingerprint density at radius 2 is 1.87 bits per heavy atom. The zero-order valence-electron chi connectivity index (χ0n) is 17.2. The van der Waals surface area contributed by atoms with Crippen molar-refractivity contribution in [3.05, 3.63) is 87.7 Å². The van der Waals surface area contributed by atoms with Crippen LogP contribution in [0, 0.1) is 10.1 Å². The highest BCUT2D eigenvalue weighted by Crippen LogP contribution is 2.39. The van der Waals surface area contributed by atoms with Crippen LogP contribution in [0.1, 0.15) is 29.3 Å². The summed E-state index contributed by atoms with van der Waals surface area (Å²) in [6, 6.07) is 16.7. The van der Waals surface area contributed by atoms with E-state index in [1.807, 2.05) is 42.6 Å². The average Bonchev–Trinajstić information content (AvgIpc) is 3.15. The molecule has 30 heavy (non-hydrogen) atoms. The van der Waals surface area contributed by atoms with Gasteiger partial charge in [0.05, 0.1) is 30.7 Å². The Hall–Kier alpha value is -3.32. The number of aromatic nitrogens is 1. The number of benzene rings is 2. The highest BCUT2D eigenvalue weighted by molar-refractivity contribution is 5.48. The van der Waals surface area contributed by atoms with Crippen molar-refractivity contribution >= 4 is 5.69 Å². The molecule has 0 N–H and O–H groups in total. The van der Waals surface area contributed by atoms with Gasteiger partial charge in [-0.15, -0.1) is 0 Å². The fraction of sp³-hybridized carbons (Fsp3) is 0.304. The zero-order valence-corrected chi connectivity index (χ0v) is 17.2. The summed E-state index contributed by atoms with van der Waals surface area (Å²) in [6.07, 6.45) is 3.00. The van der Waals surface area contributed by atoms with Crippen LogP contribution in [0.3, 0.4) is 0 Å². The van der Waals surface area contributed by atoms with Crippen LogP contribution in [-0.4, -0.2) is 35.2 Å². The second kappa shape index (κ2) is 8.59. The fourth-order valence-corrected chi connectivity index (χ4v) is 4.35. The predicted molar refractivity (Wildman–Crippen MR) is 114 cm³/mol. The van der Waals surface area contributed by atoms with E-state index in [1.165, 1.54) is 0 Å². The summed E-state index contributed by atoms with van der Waals surface area (Å²) in [5.41, 5.74) is 2.88. The number of fused-ring (bicyclic) bond motifs is 1. The van der Waals surface area contributed by atoms with E-state index in [0.29, 0.717) is 23.6 Å². The minimum absolute atomic E-state index is 0.139. The molecule has 1 atom stereocenters. The van der Waals surface area contributed by atoms with E-state index in [-0.39, 0.29) is 16.7 Å². The van der Waals surface area contributed by atoms with Crippen molar-refractivity contribution in [2.75, 3.05) is 20.8 Å². The molecule has 0 amide bonds. The molecule has 0 aliphatic carbocycles. The first-order valence-corrected chi connectivity index (χ1v) is 9.96. The maximum atomic E-state index is 11.8. The number of hydrogen-bond acceptors (Lipinski definition) is 5. The third-order valence-electron chi connectivity index (χ3n) is 5.64. The summed E-state index contributed by atoms with van der Waals surface area (Å²) in [7, 11) is 3.25. The van der Waals surface area contributed by atoms with Gasteiger partial charge in [-0.05, 0) is 24.6 Å². The Kier molecular flexibility index (Phi) is 5.72. The Bertz CT molecular complexity index is 1050. The molecule has 0 bridgehead atoms. The fourth-order valence-electron chi connectivity index (χ4n) is 4.35. The molecule has 1 aliphatic heterocycles. The smallest absolute Gasteiger partial charge is 0.274 e. The number of nitro groups is 1. The molecule has 0 fully saturated rings. The van der Waals surface area contributed by atoms with Gasteiger partial charge in [0.25, 0.3) is 5.69 Å². The summed E-state index contributed by atoms with van der Waals surface area (Å²) < 4.78 is 13.3. The van der Waals surface area contributed by atoms with Crippen molar-refractivity contribution in [2.45, 2.75) is 25.6 Å². The van der Waals surface area contributed by atoms with Gasteiger partial charge in [-0.1, -0.05) is 30.3 Å². The lowest BCUT2D eigenvalue weighted by molar-refractivity contribution is -0.385. The molecule has 3 aromatic rings. The van der Waals surface area contributed by atoms with Gasteiger partial charge in [0.1, 0.15) is 0 Å². The van der Waals surface area contributed by atoms with Crippen LogP contribution in [0.2, 0.25) is 0 Å². The van der Waals surface area contributed by atoms with Crippen LogP contribution in [0.15, 0.2) is 60.8 Å². The second-order valence-corrected chi connectivity index (χ2v) is 7.32. The van der Waals surface area contributed by atoms with Crippen LogP contribution in [0.5, 0.6) is 11.5 Å². The molecular weight excluding hydrogens is 382 g/mol. The molecular formula is C23H25N3O4. The molecule has 156 valence electrons. The molecule has 2 aromatic carbocycles. The lowest BCUT2D eigenvalue weighted by Gasteiger charge is -2.31. The average molecular weight is 407 g/mol. The molecule has 1 aromatic heterocycles. The second-order valence-electron chi connectivity index (χ2n) is 7.32. The summed E-state index contributed by atoms with van der Waals surface area (Å²) >= 11 is 0. The standard InChI is InChI=1S/C23H25N3O4/c1-29-21-12-5-8-17(23(21)30-2)16-25-15-7-14-24-13-6-11-20(24)22(25)18-9-3-4-10-19(18)26(27)28/h3-6,8-13,22H,7,14-16H2,1-2H3. The van der Waals surface area contributed by atoms with Gasteiger partial charge in [0.15, 0.2) is 11.5 Å². The molecule has 1 aliphatic rings. The van der Waals surface area contributed by atoms with Crippen LogP contribution in [0.25, 0.3) is 0 Å². The van der Waals surface area contributed by atoms with Crippen LogP contribution in [-0.2, 0) is 13.1 Å². The van der Waals surface area contributed by atoms with Gasteiger partial charge in [-0.3, -0.25) is 15.0 Å². The lowest BCUT2D eigenvalue weighted by atomic mass is 9.99. The van der Waals surface area contributed by atoms with Crippen LogP contribution >= 0.6 is 0 Å². The van der Waals surface area contributed by atoms with Crippen molar-refractivity contribution < 1.29 is 14.4 Å². The van der Waals surface area contributed by atoms with Gasteiger partial charge >= 0.3 is 0 Å². The lowest BCUT2D eigenvalue weighted by Crippen LogP contribution is -2.30. The molecule has 7 heteroatoms. The van der Waals surface area contributed by atoms with Gasteiger partial charge in [0.2, 0.25) is 0 Å². The van der Waals surface area contributed by atoms with Crippen LogP contribution in [0.4, 0.5) is 5.69 Å². The first-order valence-electron chi connectivity index (χ1n) is 9.96. The number of aryl methyl sites for hydroxylation is 1. The Labute approximate surface area is 175 Å². The largest absolute Gasteiger partial charge is 0.493 e. The number of hydrogen-bond donors (Lipinski definition) is 0. The molecule has 2 heterocycles. The van der Waals surface area contributed by atoms with Crippen LogP contribution < -0.4 is 9.47 Å². The van der Waals surface area contributed by atoms with Crippen molar-refractivity contribution in [2.24, 2.45) is 0 Å². The first kappa shape index (κ1) is 20.0.